The number of hydrogen-bond donors (Lipinski definition) is 1. The van der Waals surface area contributed by atoms with Crippen molar-refractivity contribution < 1.29 is 22.7 Å². The van der Waals surface area contributed by atoms with Crippen LogP contribution in [0, 0.1) is 6.92 Å². The summed E-state index contributed by atoms with van der Waals surface area (Å²) in [4.78, 5) is 29.4. The van der Waals surface area contributed by atoms with Gasteiger partial charge < -0.3 is 15.0 Å². The molecule has 0 saturated heterocycles. The van der Waals surface area contributed by atoms with Crippen LogP contribution in [0.25, 0.3) is 0 Å². The van der Waals surface area contributed by atoms with Crippen molar-refractivity contribution in [3.8, 4) is 5.75 Å². The summed E-state index contributed by atoms with van der Waals surface area (Å²) in [5.41, 5.74) is 3.01. The third-order valence-corrected chi connectivity index (χ3v) is 7.94. The average Bonchev–Trinajstić information content (AvgIpc) is 2.95. The first-order chi connectivity index (χ1) is 19.7. The molecule has 8 nitrogen and oxygen atoms in total. The minimum absolute atomic E-state index is 0.148. The summed E-state index contributed by atoms with van der Waals surface area (Å²) >= 11 is 0. The van der Waals surface area contributed by atoms with Crippen LogP contribution in [-0.2, 0) is 32.6 Å². The third kappa shape index (κ3) is 9.08. The Hall–Kier alpha value is -3.85. The van der Waals surface area contributed by atoms with E-state index in [4.69, 9.17) is 4.74 Å². The average molecular weight is 580 g/mol. The molecular formula is C32H41N3O5S. The quantitative estimate of drug-likeness (QED) is 0.263. The van der Waals surface area contributed by atoms with Gasteiger partial charge in [0.1, 0.15) is 18.3 Å². The highest BCUT2D eigenvalue weighted by Gasteiger charge is 2.33. The second-order valence-corrected chi connectivity index (χ2v) is 11.9. The molecule has 0 heterocycles. The molecule has 0 radical (unpaired) electrons. The maximum absolute atomic E-state index is 14.2. The van der Waals surface area contributed by atoms with Crippen molar-refractivity contribution in [2.24, 2.45) is 0 Å². The van der Waals surface area contributed by atoms with E-state index < -0.39 is 28.5 Å². The molecule has 2 amide bonds. The van der Waals surface area contributed by atoms with E-state index in [-0.39, 0.29) is 24.6 Å². The van der Waals surface area contributed by atoms with Crippen LogP contribution in [0.5, 0.6) is 5.75 Å². The lowest BCUT2D eigenvalue weighted by Crippen LogP contribution is -2.53. The topological polar surface area (TPSA) is 96.0 Å². The van der Waals surface area contributed by atoms with Gasteiger partial charge in [-0.05, 0) is 49.1 Å². The van der Waals surface area contributed by atoms with E-state index in [1.54, 1.807) is 24.3 Å². The Morgan fingerprint density at radius 3 is 2.24 bits per heavy atom. The predicted octanol–water partition coefficient (Wildman–Crippen LogP) is 4.72. The molecule has 0 unspecified atom stereocenters. The van der Waals surface area contributed by atoms with Gasteiger partial charge >= 0.3 is 0 Å². The van der Waals surface area contributed by atoms with Crippen LogP contribution in [-0.4, -0.2) is 57.1 Å². The number of nitrogens with one attached hydrogen (secondary N) is 1. The molecule has 41 heavy (non-hydrogen) atoms. The molecule has 1 atom stereocenters. The summed E-state index contributed by atoms with van der Waals surface area (Å²) in [5.74, 6) is -0.404. The fourth-order valence-electron chi connectivity index (χ4n) is 4.57. The molecule has 0 saturated carbocycles. The van der Waals surface area contributed by atoms with E-state index in [1.165, 1.54) is 4.90 Å². The zero-order chi connectivity index (χ0) is 29.8. The maximum Gasteiger partial charge on any atom is 0.244 e. The van der Waals surface area contributed by atoms with Crippen molar-refractivity contribution in [1.29, 1.82) is 0 Å². The Balaban J connectivity index is 2.07. The van der Waals surface area contributed by atoms with Crippen LogP contribution in [0.3, 0.4) is 0 Å². The molecular weight excluding hydrogens is 538 g/mol. The standard InChI is InChI=1S/C32H41N3O5S/c1-5-7-21-33-32(37)29(22-26-16-9-8-10-17-26)34(23-27-18-12-11-15-25(27)3)31(36)24-35(41(4,38)39)28-19-13-14-20-30(28)40-6-2/h8-20,29H,5-7,21-24H2,1-4H3,(H,33,37)/t29-/m0/s1. The highest BCUT2D eigenvalue weighted by Crippen LogP contribution is 2.30. The maximum atomic E-state index is 14.2. The van der Waals surface area contributed by atoms with Crippen LogP contribution in [0.1, 0.15) is 43.4 Å². The number of amides is 2. The van der Waals surface area contributed by atoms with Gasteiger partial charge in [-0.15, -0.1) is 0 Å². The smallest absolute Gasteiger partial charge is 0.244 e. The molecule has 3 aromatic carbocycles. The third-order valence-electron chi connectivity index (χ3n) is 6.82. The first-order valence-electron chi connectivity index (χ1n) is 14.0. The van der Waals surface area contributed by atoms with Gasteiger partial charge in [0.15, 0.2) is 0 Å². The van der Waals surface area contributed by atoms with Gasteiger partial charge in [0.2, 0.25) is 21.8 Å². The van der Waals surface area contributed by atoms with Crippen LogP contribution in [0.15, 0.2) is 78.9 Å². The van der Waals surface area contributed by atoms with Crippen LogP contribution in [0.2, 0.25) is 0 Å². The zero-order valence-electron chi connectivity index (χ0n) is 24.4. The molecule has 0 spiro atoms. The first kappa shape index (κ1) is 31.7. The molecule has 9 heteroatoms. The van der Waals surface area contributed by atoms with Gasteiger partial charge in [0.05, 0.1) is 18.6 Å². The predicted molar refractivity (Wildman–Crippen MR) is 163 cm³/mol. The van der Waals surface area contributed by atoms with Crippen LogP contribution in [0.4, 0.5) is 5.69 Å². The van der Waals surface area contributed by atoms with Crippen molar-refractivity contribution in [2.75, 3.05) is 30.3 Å². The van der Waals surface area contributed by atoms with Crippen molar-refractivity contribution in [3.63, 3.8) is 0 Å². The fourth-order valence-corrected chi connectivity index (χ4v) is 5.42. The van der Waals surface area contributed by atoms with E-state index in [1.807, 2.05) is 75.4 Å². The summed E-state index contributed by atoms with van der Waals surface area (Å²) in [6, 6.07) is 23.1. The summed E-state index contributed by atoms with van der Waals surface area (Å²) < 4.78 is 32.8. The molecule has 0 aromatic heterocycles. The number of aryl methyl sites for hydroxylation is 1. The number of unbranched alkanes of at least 4 members (excludes halogenated alkanes) is 1. The number of benzene rings is 3. The number of carbonyl (C=O) groups excluding carboxylic acids is 2. The number of nitrogens with zero attached hydrogens (tertiary/aromatic N) is 2. The summed E-state index contributed by atoms with van der Waals surface area (Å²) in [6.07, 6.45) is 3.07. The number of anilines is 1. The van der Waals surface area contributed by atoms with Crippen molar-refractivity contribution in [2.45, 2.75) is 52.6 Å². The normalized spacial score (nSPS) is 11.9. The zero-order valence-corrected chi connectivity index (χ0v) is 25.2. The Bertz CT molecular complexity index is 1400. The largest absolute Gasteiger partial charge is 0.492 e. The van der Waals surface area contributed by atoms with Gasteiger partial charge in [-0.2, -0.15) is 0 Å². The number of sulfonamides is 1. The Morgan fingerprint density at radius 2 is 1.59 bits per heavy atom. The molecule has 0 aliphatic heterocycles. The lowest BCUT2D eigenvalue weighted by Gasteiger charge is -2.34. The van der Waals surface area contributed by atoms with Crippen LogP contribution < -0.4 is 14.4 Å². The second kappa shape index (κ2) is 15.2. The van der Waals surface area contributed by atoms with Crippen molar-refractivity contribution in [3.05, 3.63) is 95.6 Å². The molecule has 220 valence electrons. The van der Waals surface area contributed by atoms with Gasteiger partial charge in [0, 0.05) is 19.5 Å². The first-order valence-corrected chi connectivity index (χ1v) is 15.9. The molecule has 3 aromatic rings. The van der Waals surface area contributed by atoms with Gasteiger partial charge in [-0.1, -0.05) is 80.1 Å². The highest BCUT2D eigenvalue weighted by atomic mass is 32.2. The highest BCUT2D eigenvalue weighted by molar-refractivity contribution is 7.92. The second-order valence-electron chi connectivity index (χ2n) is 9.97. The van der Waals surface area contributed by atoms with Gasteiger partial charge in [-0.25, -0.2) is 8.42 Å². The van der Waals surface area contributed by atoms with Crippen LogP contribution >= 0.6 is 0 Å². The SMILES string of the molecule is CCCCNC(=O)[C@H](Cc1ccccc1)N(Cc1ccccc1C)C(=O)CN(c1ccccc1OCC)S(C)(=O)=O. The van der Waals surface area contributed by atoms with E-state index in [9.17, 15) is 18.0 Å². The van der Waals surface area contributed by atoms with Gasteiger partial charge in [-0.3, -0.25) is 13.9 Å². The van der Waals surface area contributed by atoms with Crippen molar-refractivity contribution >= 4 is 27.5 Å². The minimum atomic E-state index is -3.89. The Morgan fingerprint density at radius 1 is 0.927 bits per heavy atom. The lowest BCUT2D eigenvalue weighted by atomic mass is 10.0. The Kier molecular flexibility index (Phi) is 11.8. The van der Waals surface area contributed by atoms with Gasteiger partial charge in [0.25, 0.3) is 0 Å². The summed E-state index contributed by atoms with van der Waals surface area (Å²) in [7, 11) is -3.89. The Labute approximate surface area is 244 Å². The van der Waals surface area contributed by atoms with E-state index in [2.05, 4.69) is 5.32 Å². The monoisotopic (exact) mass is 579 g/mol. The number of ether oxygens (including phenoxy) is 1. The molecule has 0 aliphatic rings. The summed E-state index contributed by atoms with van der Waals surface area (Å²) in [5, 5.41) is 3.00. The van der Waals surface area contributed by atoms with E-state index in [0.717, 1.165) is 40.1 Å². The number of para-hydroxylation sites is 2. The molecule has 0 bridgehead atoms. The van der Waals surface area contributed by atoms with E-state index >= 15 is 0 Å². The molecule has 0 aliphatic carbocycles. The molecule has 1 N–H and O–H groups in total. The minimum Gasteiger partial charge on any atom is -0.492 e. The molecule has 3 rings (SSSR count). The van der Waals surface area contributed by atoms with Crippen molar-refractivity contribution in [1.82, 2.24) is 10.2 Å². The number of rotatable bonds is 15. The summed E-state index contributed by atoms with van der Waals surface area (Å²) in [6.45, 7) is 6.29. The molecule has 0 fully saturated rings. The fraction of sp³-hybridized carbons (Fsp3) is 0.375. The number of carbonyl (C=O) groups is 2. The lowest BCUT2D eigenvalue weighted by molar-refractivity contribution is -0.140. The number of hydrogen-bond acceptors (Lipinski definition) is 5. The van der Waals surface area contributed by atoms with E-state index in [0.29, 0.717) is 18.9 Å².